The standard InChI is InChI=1S/6CN.Cu.Fe.K/c6*1-2;;;/q6*-1;;+6;. The molecule has 9 heteroatoms. The fourth-order valence-corrected chi connectivity index (χ4v) is 0. The molecule has 0 aliphatic rings. The van der Waals surface area contributed by atoms with Crippen LogP contribution in [0.4, 0.5) is 0 Å². The van der Waals surface area contributed by atoms with E-state index in [1.54, 1.807) is 0 Å². The predicted octanol–water partition coefficient (Wildman–Crippen LogP) is 0.192. The van der Waals surface area contributed by atoms with Crippen molar-refractivity contribution < 1.29 is 34.1 Å². The Hall–Kier alpha value is -0.385. The Kier molecular flexibility index (Phi) is 83900. The Morgan fingerprint density at radius 2 is 0.400 bits per heavy atom. The van der Waals surface area contributed by atoms with Crippen molar-refractivity contribution in [3.05, 3.63) is 39.4 Å². The smallest absolute Gasteiger partial charge is 0.512 e. The van der Waals surface area contributed by atoms with Crippen LogP contribution in [0.25, 0.3) is 0 Å². The molecule has 2 radical (unpaired) electrons. The maximum absolute atomic E-state index is 6.25. The van der Waals surface area contributed by atoms with Crippen molar-refractivity contribution >= 4 is 51.4 Å². The summed E-state index contributed by atoms with van der Waals surface area (Å²) < 4.78 is 0. The second-order valence-corrected chi connectivity index (χ2v) is 0. The van der Waals surface area contributed by atoms with E-state index >= 15 is 0 Å². The average Bonchev–Trinajstić information content (AvgIpc) is 2.33. The zero-order valence-corrected chi connectivity index (χ0v) is 12.5. The van der Waals surface area contributed by atoms with Crippen molar-refractivity contribution in [1.82, 2.24) is 0 Å². The second-order valence-electron chi connectivity index (χ2n) is 0. The SMILES string of the molecule is [C-]#N.[C-]#N.[C-]#N.[C-]#N.[C-]#N.[C-]#N.[Cu].[Fe+6].[K]. The minimum atomic E-state index is 0. The summed E-state index contributed by atoms with van der Waals surface area (Å²) in [7, 11) is 0. The van der Waals surface area contributed by atoms with E-state index in [-0.39, 0.29) is 85.5 Å². The fourth-order valence-electron chi connectivity index (χ4n) is 0. The van der Waals surface area contributed by atoms with Crippen LogP contribution >= 0.6 is 0 Å². The van der Waals surface area contributed by atoms with Gasteiger partial charge >= 0.3 is 17.1 Å². The van der Waals surface area contributed by atoms with Crippen LogP contribution in [0.1, 0.15) is 0 Å². The van der Waals surface area contributed by atoms with Gasteiger partial charge in [-0.3, -0.25) is 0 Å². The molecule has 6 nitrogen and oxygen atoms in total. The van der Waals surface area contributed by atoms with E-state index in [1.807, 2.05) is 0 Å². The van der Waals surface area contributed by atoms with Crippen molar-refractivity contribution in [3.63, 3.8) is 0 Å². The molecule has 0 saturated carbocycles. The summed E-state index contributed by atoms with van der Waals surface area (Å²) in [5.41, 5.74) is 0. The zero-order chi connectivity index (χ0) is 12.0. The van der Waals surface area contributed by atoms with Gasteiger partial charge in [-0.1, -0.05) is 0 Å². The van der Waals surface area contributed by atoms with Gasteiger partial charge in [0.2, 0.25) is 0 Å². The van der Waals surface area contributed by atoms with Crippen LogP contribution in [0, 0.1) is 71.0 Å². The molecule has 0 aromatic carbocycles. The third kappa shape index (κ3) is 12400. The van der Waals surface area contributed by atoms with Crippen molar-refractivity contribution in [2.24, 2.45) is 0 Å². The van der Waals surface area contributed by atoms with E-state index in [9.17, 15) is 0 Å². The molecular formula is C6CuFeKN6. The summed E-state index contributed by atoms with van der Waals surface area (Å²) in [6, 6.07) is 0. The van der Waals surface area contributed by atoms with E-state index < -0.39 is 0 Å². The molecule has 0 unspecified atom stereocenters. The van der Waals surface area contributed by atoms with Crippen molar-refractivity contribution in [2.45, 2.75) is 0 Å². The zero-order valence-electron chi connectivity index (χ0n) is 7.34. The first-order chi connectivity index (χ1) is 6.00. The van der Waals surface area contributed by atoms with E-state index in [0.717, 1.165) is 0 Å². The molecule has 0 atom stereocenters. The van der Waals surface area contributed by atoms with Gasteiger partial charge in [-0.05, 0) is 0 Å². The Bertz CT molecular complexity index is 103. The summed E-state index contributed by atoms with van der Waals surface area (Å²) in [6.45, 7) is 28.5. The first kappa shape index (κ1) is 85.9. The summed E-state index contributed by atoms with van der Waals surface area (Å²) >= 11 is 0. The summed E-state index contributed by atoms with van der Waals surface area (Å²) in [4.78, 5) is 0. The monoisotopic (exact) mass is 314 g/mol. The minimum absolute atomic E-state index is 0. The molecule has 0 N–H and O–H groups in total. The summed E-state index contributed by atoms with van der Waals surface area (Å²) in [6.07, 6.45) is 0. The average molecular weight is 315 g/mol. The Labute approximate surface area is 154 Å². The second kappa shape index (κ2) is 14600. The Morgan fingerprint density at radius 3 is 0.400 bits per heavy atom. The molecule has 15 heavy (non-hydrogen) atoms. The molecule has 0 saturated heterocycles. The molecule has 0 spiro atoms. The molecule has 0 amide bonds. The van der Waals surface area contributed by atoms with Crippen LogP contribution in [-0.4, -0.2) is 51.4 Å². The van der Waals surface area contributed by atoms with Crippen LogP contribution in [0.2, 0.25) is 0 Å². The molecule has 0 bridgehead atoms. The maximum atomic E-state index is 6.25. The van der Waals surface area contributed by atoms with Crippen molar-refractivity contribution in [3.8, 4) is 0 Å². The largest absolute Gasteiger partial charge is 6.00 e. The third-order valence-corrected chi connectivity index (χ3v) is 0. The van der Waals surface area contributed by atoms with E-state index in [0.29, 0.717) is 0 Å². The van der Waals surface area contributed by atoms with Gasteiger partial charge < -0.3 is 71.0 Å². The first-order valence-electron chi connectivity index (χ1n) is 1.34. The summed E-state index contributed by atoms with van der Waals surface area (Å²) in [5, 5.41) is 37.5. The van der Waals surface area contributed by atoms with Crippen molar-refractivity contribution in [2.75, 3.05) is 0 Å². The van der Waals surface area contributed by atoms with Gasteiger partial charge in [-0.15, -0.1) is 0 Å². The van der Waals surface area contributed by atoms with Crippen LogP contribution < -0.4 is 0 Å². The quantitative estimate of drug-likeness (QED) is 0.461. The van der Waals surface area contributed by atoms with Gasteiger partial charge in [-0.25, -0.2) is 0 Å². The van der Waals surface area contributed by atoms with Gasteiger partial charge in [0.25, 0.3) is 0 Å². The normalized spacial score (nSPS) is 0.800. The fraction of sp³-hybridized carbons (Fsp3) is 0. The maximum Gasteiger partial charge on any atom is 6.00 e. The van der Waals surface area contributed by atoms with Crippen molar-refractivity contribution in [1.29, 1.82) is 31.6 Å². The Balaban J connectivity index is -0.00000000396. The molecule has 0 aliphatic carbocycles. The predicted molar refractivity (Wildman–Crippen MR) is 35.6 cm³/mol. The van der Waals surface area contributed by atoms with Gasteiger partial charge in [-0.2, -0.15) is 0 Å². The van der Waals surface area contributed by atoms with Gasteiger partial charge in [0.1, 0.15) is 0 Å². The number of hydrogen-bond donors (Lipinski definition) is 0. The van der Waals surface area contributed by atoms with E-state index in [4.69, 9.17) is 71.0 Å². The van der Waals surface area contributed by atoms with Crippen LogP contribution in [0.5, 0.6) is 0 Å². The van der Waals surface area contributed by atoms with Crippen LogP contribution in [0.3, 0.4) is 0 Å². The number of nitrogens with zero attached hydrogens (tertiary/aromatic N) is 6. The molecule has 0 fully saturated rings. The number of hydrogen-bond acceptors (Lipinski definition) is 6. The molecular weight excluding hydrogens is 315 g/mol. The minimum Gasteiger partial charge on any atom is -0.512 e. The molecule has 0 aromatic rings. The van der Waals surface area contributed by atoms with Gasteiger partial charge in [0.15, 0.2) is 0 Å². The molecule has 0 rings (SSSR count). The molecule has 74 valence electrons. The third-order valence-electron chi connectivity index (χ3n) is 0. The number of rotatable bonds is 0. The van der Waals surface area contributed by atoms with Gasteiger partial charge in [0, 0.05) is 68.5 Å². The molecule has 0 heterocycles. The summed E-state index contributed by atoms with van der Waals surface area (Å²) in [5.74, 6) is 0. The van der Waals surface area contributed by atoms with E-state index in [2.05, 4.69) is 0 Å². The van der Waals surface area contributed by atoms with Crippen LogP contribution in [0.15, 0.2) is 0 Å². The van der Waals surface area contributed by atoms with Crippen LogP contribution in [-0.2, 0) is 34.1 Å². The molecule has 0 aliphatic heterocycles. The molecule has 0 aromatic heterocycles. The van der Waals surface area contributed by atoms with Gasteiger partial charge in [0.05, 0.1) is 0 Å². The topological polar surface area (TPSA) is 143 Å². The van der Waals surface area contributed by atoms with E-state index in [1.165, 1.54) is 0 Å². The first-order valence-corrected chi connectivity index (χ1v) is 1.34. The Morgan fingerprint density at radius 1 is 0.400 bits per heavy atom.